The van der Waals surface area contributed by atoms with Crippen LogP contribution < -0.4 is 9.39 Å². The second kappa shape index (κ2) is 3.15. The normalized spacial score (nSPS) is 8.90. The van der Waals surface area contributed by atoms with Crippen molar-refractivity contribution < 1.29 is 9.39 Å². The van der Waals surface area contributed by atoms with E-state index in [1.54, 1.807) is 31.4 Å². The number of rotatable bonds is 2. The summed E-state index contributed by atoms with van der Waals surface area (Å²) in [7, 11) is 6.51. The maximum Gasteiger partial charge on any atom is 0.374 e. The van der Waals surface area contributed by atoms with E-state index in [4.69, 9.17) is 12.8 Å². The van der Waals surface area contributed by atoms with Crippen molar-refractivity contribution >= 4 is 8.05 Å². The zero-order chi connectivity index (χ0) is 7.40. The molecule has 3 heteroatoms. The fraction of sp³-hybridized carbons (Fsp3) is 0.143. The summed E-state index contributed by atoms with van der Waals surface area (Å²) in [6.07, 6.45) is 0. The molecule has 0 saturated heterocycles. The van der Waals surface area contributed by atoms with Crippen molar-refractivity contribution in [1.29, 1.82) is 0 Å². The highest BCUT2D eigenvalue weighted by atomic mass is 16.5. The summed E-state index contributed by atoms with van der Waals surface area (Å²) in [5.74, 6) is 1.42. The summed E-state index contributed by atoms with van der Waals surface area (Å²) in [6.45, 7) is 0. The third-order valence-corrected chi connectivity index (χ3v) is 1.20. The van der Waals surface area contributed by atoms with Gasteiger partial charge in [0, 0.05) is 0 Å². The molecule has 0 aliphatic carbocycles. The minimum Gasteiger partial charge on any atom is -0.568 e. The fourth-order valence-corrected chi connectivity index (χ4v) is 0.654. The molecule has 0 saturated carbocycles. The smallest absolute Gasteiger partial charge is 0.374 e. The van der Waals surface area contributed by atoms with Crippen LogP contribution in [0.15, 0.2) is 24.3 Å². The van der Waals surface area contributed by atoms with Gasteiger partial charge >= 0.3 is 8.05 Å². The number of hydrogen-bond acceptors (Lipinski definition) is 2. The van der Waals surface area contributed by atoms with Gasteiger partial charge < -0.3 is 9.39 Å². The van der Waals surface area contributed by atoms with Gasteiger partial charge in [0.05, 0.1) is 12.9 Å². The average molecular weight is 134 g/mol. The first-order chi connectivity index (χ1) is 4.86. The van der Waals surface area contributed by atoms with Crippen molar-refractivity contribution in [2.75, 3.05) is 7.11 Å². The molecular weight excluding hydrogens is 127 g/mol. The van der Waals surface area contributed by atoms with Gasteiger partial charge in [-0.3, -0.25) is 0 Å². The molecule has 0 aromatic heterocycles. The molecule has 0 atom stereocenters. The Balaban J connectivity index is 2.80. The van der Waals surface area contributed by atoms with Crippen molar-refractivity contribution in [2.24, 2.45) is 0 Å². The monoisotopic (exact) mass is 134 g/mol. The molecule has 2 nitrogen and oxygen atoms in total. The minimum absolute atomic E-state index is 0.626. The lowest BCUT2D eigenvalue weighted by atomic mass is 10.3. The fourth-order valence-electron chi connectivity index (χ4n) is 0.654. The SMILES string of the molecule is [B]Oc1ccc(OC)cc1. The minimum atomic E-state index is 0.626. The Bertz CT molecular complexity index is 172. The van der Waals surface area contributed by atoms with Crippen molar-refractivity contribution in [3.63, 3.8) is 0 Å². The molecule has 0 unspecified atom stereocenters. The zero-order valence-corrected chi connectivity index (χ0v) is 5.70. The molecule has 0 bridgehead atoms. The van der Waals surface area contributed by atoms with Gasteiger partial charge in [-0.2, -0.15) is 0 Å². The topological polar surface area (TPSA) is 18.5 Å². The Hall–Kier alpha value is -1.12. The highest BCUT2D eigenvalue weighted by molar-refractivity contribution is 5.99. The van der Waals surface area contributed by atoms with Crippen molar-refractivity contribution in [3.8, 4) is 11.5 Å². The summed E-state index contributed by atoms with van der Waals surface area (Å²) in [5.41, 5.74) is 0. The molecule has 0 aliphatic rings. The van der Waals surface area contributed by atoms with Crippen LogP contribution in [0.1, 0.15) is 0 Å². The Morgan fingerprint density at radius 1 is 1.10 bits per heavy atom. The first-order valence-corrected chi connectivity index (χ1v) is 2.87. The second-order valence-corrected chi connectivity index (χ2v) is 1.79. The van der Waals surface area contributed by atoms with Crippen molar-refractivity contribution in [1.82, 2.24) is 0 Å². The molecule has 2 radical (unpaired) electrons. The predicted molar refractivity (Wildman–Crippen MR) is 39.4 cm³/mol. The van der Waals surface area contributed by atoms with Crippen molar-refractivity contribution in [2.45, 2.75) is 0 Å². The predicted octanol–water partition coefficient (Wildman–Crippen LogP) is 1.16. The quantitative estimate of drug-likeness (QED) is 0.565. The highest BCUT2D eigenvalue weighted by Gasteiger charge is 1.89. The summed E-state index contributed by atoms with van der Waals surface area (Å²) >= 11 is 0. The van der Waals surface area contributed by atoms with E-state index in [2.05, 4.69) is 4.65 Å². The summed E-state index contributed by atoms with van der Waals surface area (Å²) in [6, 6.07) is 7.03. The van der Waals surface area contributed by atoms with Crippen LogP contribution in [0.3, 0.4) is 0 Å². The van der Waals surface area contributed by atoms with Crippen LogP contribution >= 0.6 is 0 Å². The van der Waals surface area contributed by atoms with Gasteiger partial charge in [0.2, 0.25) is 0 Å². The molecule has 0 N–H and O–H groups in total. The third kappa shape index (κ3) is 1.44. The van der Waals surface area contributed by atoms with E-state index < -0.39 is 0 Å². The van der Waals surface area contributed by atoms with Gasteiger partial charge in [-0.05, 0) is 24.3 Å². The number of benzene rings is 1. The number of hydrogen-bond donors (Lipinski definition) is 0. The van der Waals surface area contributed by atoms with Gasteiger partial charge in [-0.15, -0.1) is 0 Å². The van der Waals surface area contributed by atoms with Gasteiger partial charge in [0.15, 0.2) is 0 Å². The molecule has 0 fully saturated rings. The molecule has 0 amide bonds. The molecule has 0 spiro atoms. The standard InChI is InChI=1S/C7H7BO2/c1-9-6-2-4-7(10-8)5-3-6/h2-5H,1H3. The lowest BCUT2D eigenvalue weighted by molar-refractivity contribution is 0.414. The molecular formula is C7H7BO2. The van der Waals surface area contributed by atoms with E-state index in [0.717, 1.165) is 5.75 Å². The Morgan fingerprint density at radius 2 is 1.60 bits per heavy atom. The van der Waals surface area contributed by atoms with E-state index in [-0.39, 0.29) is 0 Å². The molecule has 1 aromatic carbocycles. The number of methoxy groups -OCH3 is 1. The summed E-state index contributed by atoms with van der Waals surface area (Å²) < 4.78 is 9.38. The van der Waals surface area contributed by atoms with Crippen LogP contribution in [0, 0.1) is 0 Å². The molecule has 50 valence electrons. The van der Waals surface area contributed by atoms with Gasteiger partial charge in [-0.1, -0.05) is 0 Å². The van der Waals surface area contributed by atoms with Crippen LogP contribution in [-0.2, 0) is 0 Å². The number of ether oxygens (including phenoxy) is 1. The van der Waals surface area contributed by atoms with E-state index in [1.165, 1.54) is 0 Å². The highest BCUT2D eigenvalue weighted by Crippen LogP contribution is 2.15. The van der Waals surface area contributed by atoms with E-state index in [1.807, 2.05) is 0 Å². The lowest BCUT2D eigenvalue weighted by Crippen LogP contribution is -1.85. The second-order valence-electron chi connectivity index (χ2n) is 1.79. The Morgan fingerprint density at radius 3 is 2.00 bits per heavy atom. The van der Waals surface area contributed by atoms with Crippen LogP contribution in [-0.4, -0.2) is 15.2 Å². The Kier molecular flexibility index (Phi) is 2.21. The lowest BCUT2D eigenvalue weighted by Gasteiger charge is -2.01. The molecule has 0 aliphatic heterocycles. The average Bonchev–Trinajstić information content (AvgIpc) is 2.05. The Labute approximate surface area is 61.2 Å². The molecule has 1 rings (SSSR count). The zero-order valence-electron chi connectivity index (χ0n) is 5.70. The van der Waals surface area contributed by atoms with Gasteiger partial charge in [0.25, 0.3) is 0 Å². The molecule has 10 heavy (non-hydrogen) atoms. The summed E-state index contributed by atoms with van der Waals surface area (Å²) in [4.78, 5) is 0. The summed E-state index contributed by atoms with van der Waals surface area (Å²) in [5, 5.41) is 0. The molecule has 0 heterocycles. The maximum absolute atomic E-state index is 4.92. The van der Waals surface area contributed by atoms with E-state index >= 15 is 0 Å². The van der Waals surface area contributed by atoms with Crippen LogP contribution in [0.5, 0.6) is 11.5 Å². The first-order valence-electron chi connectivity index (χ1n) is 2.87. The third-order valence-electron chi connectivity index (χ3n) is 1.20. The van der Waals surface area contributed by atoms with Crippen molar-refractivity contribution in [3.05, 3.63) is 24.3 Å². The van der Waals surface area contributed by atoms with Crippen LogP contribution in [0.2, 0.25) is 0 Å². The van der Waals surface area contributed by atoms with Crippen LogP contribution in [0.4, 0.5) is 0 Å². The van der Waals surface area contributed by atoms with Gasteiger partial charge in [-0.25, -0.2) is 0 Å². The largest absolute Gasteiger partial charge is 0.568 e. The maximum atomic E-state index is 4.92. The van der Waals surface area contributed by atoms with E-state index in [0.29, 0.717) is 5.75 Å². The molecule has 1 aromatic rings. The van der Waals surface area contributed by atoms with Gasteiger partial charge in [0.1, 0.15) is 5.75 Å². The first kappa shape index (κ1) is 7.00. The van der Waals surface area contributed by atoms with Crippen LogP contribution in [0.25, 0.3) is 0 Å². The van der Waals surface area contributed by atoms with E-state index in [9.17, 15) is 0 Å².